The number of aromatic nitrogens is 2. The van der Waals surface area contributed by atoms with Gasteiger partial charge in [0.15, 0.2) is 0 Å². The van der Waals surface area contributed by atoms with Gasteiger partial charge in [-0.1, -0.05) is 30.3 Å². The van der Waals surface area contributed by atoms with E-state index in [0.29, 0.717) is 12.3 Å². The summed E-state index contributed by atoms with van der Waals surface area (Å²) in [6, 6.07) is 15.3. The van der Waals surface area contributed by atoms with Crippen LogP contribution in [0, 0.1) is 11.7 Å². The lowest BCUT2D eigenvalue weighted by Crippen LogP contribution is -2.31. The second kappa shape index (κ2) is 7.57. The first-order valence-corrected chi connectivity index (χ1v) is 7.78. The van der Waals surface area contributed by atoms with Gasteiger partial charge < -0.3 is 15.6 Å². The standard InChI is InChI=1S/C18H17FN4O2/c19-15-8-6-12(7-9-15)10-14(16(20)24)11-21-18-22-17(25-23-18)13-4-2-1-3-5-13/h1-9,14H,10-11H2,(H2,20,24)(H,21,23). The van der Waals surface area contributed by atoms with Gasteiger partial charge in [0, 0.05) is 12.1 Å². The Kier molecular flexibility index (Phi) is 5.03. The highest BCUT2D eigenvalue weighted by Gasteiger charge is 2.17. The van der Waals surface area contributed by atoms with E-state index in [4.69, 9.17) is 10.3 Å². The Balaban J connectivity index is 1.63. The highest BCUT2D eigenvalue weighted by molar-refractivity contribution is 5.77. The number of nitrogens with two attached hydrogens (primary N) is 1. The normalized spacial score (nSPS) is 11.9. The van der Waals surface area contributed by atoms with Crippen molar-refractivity contribution in [2.75, 3.05) is 11.9 Å². The molecule has 0 saturated heterocycles. The highest BCUT2D eigenvalue weighted by Crippen LogP contribution is 2.18. The van der Waals surface area contributed by atoms with Crippen molar-refractivity contribution >= 4 is 11.9 Å². The molecule has 1 heterocycles. The quantitative estimate of drug-likeness (QED) is 0.689. The number of rotatable bonds is 7. The Bertz CT molecular complexity index is 834. The van der Waals surface area contributed by atoms with E-state index in [-0.39, 0.29) is 18.3 Å². The molecule has 1 amide bonds. The molecule has 1 unspecified atom stereocenters. The van der Waals surface area contributed by atoms with Crippen molar-refractivity contribution in [2.45, 2.75) is 6.42 Å². The first-order valence-electron chi connectivity index (χ1n) is 7.78. The van der Waals surface area contributed by atoms with E-state index in [9.17, 15) is 9.18 Å². The first-order chi connectivity index (χ1) is 12.1. The zero-order valence-electron chi connectivity index (χ0n) is 13.4. The molecule has 0 aliphatic heterocycles. The minimum atomic E-state index is -0.482. The number of nitrogens with zero attached hydrogens (tertiary/aromatic N) is 2. The van der Waals surface area contributed by atoms with Crippen LogP contribution < -0.4 is 11.1 Å². The third-order valence-electron chi connectivity index (χ3n) is 3.75. The van der Waals surface area contributed by atoms with Crippen LogP contribution in [0.5, 0.6) is 0 Å². The summed E-state index contributed by atoms with van der Waals surface area (Å²) in [6.45, 7) is 0.250. The van der Waals surface area contributed by atoms with Crippen molar-refractivity contribution in [3.05, 3.63) is 66.0 Å². The molecule has 128 valence electrons. The number of carbonyl (C=O) groups excluding carboxylic acids is 1. The first kappa shape index (κ1) is 16.6. The third-order valence-corrected chi connectivity index (χ3v) is 3.75. The summed E-state index contributed by atoms with van der Waals surface area (Å²) in [7, 11) is 0. The fourth-order valence-corrected chi connectivity index (χ4v) is 2.39. The lowest BCUT2D eigenvalue weighted by atomic mass is 9.98. The van der Waals surface area contributed by atoms with Crippen LogP contribution in [0.15, 0.2) is 59.1 Å². The largest absolute Gasteiger partial charge is 0.369 e. The molecule has 3 aromatic rings. The molecule has 0 bridgehead atoms. The minimum Gasteiger partial charge on any atom is -0.369 e. The van der Waals surface area contributed by atoms with Gasteiger partial charge in [-0.25, -0.2) is 4.39 Å². The molecule has 0 radical (unpaired) electrons. The minimum absolute atomic E-state index is 0.250. The Hall–Kier alpha value is -3.22. The number of primary amides is 1. The summed E-state index contributed by atoms with van der Waals surface area (Å²) in [5, 5.41) is 6.80. The maximum atomic E-state index is 13.0. The van der Waals surface area contributed by atoms with Gasteiger partial charge in [-0.2, -0.15) is 4.98 Å². The van der Waals surface area contributed by atoms with Gasteiger partial charge in [0.25, 0.3) is 11.8 Å². The van der Waals surface area contributed by atoms with Crippen LogP contribution in [-0.2, 0) is 11.2 Å². The zero-order valence-corrected chi connectivity index (χ0v) is 13.4. The van der Waals surface area contributed by atoms with E-state index in [1.807, 2.05) is 30.3 Å². The second-order valence-corrected chi connectivity index (χ2v) is 5.60. The van der Waals surface area contributed by atoms with Crippen LogP contribution >= 0.6 is 0 Å². The van der Waals surface area contributed by atoms with E-state index in [2.05, 4.69) is 15.5 Å². The van der Waals surface area contributed by atoms with Crippen LogP contribution in [0.25, 0.3) is 11.5 Å². The molecular formula is C18H17FN4O2. The second-order valence-electron chi connectivity index (χ2n) is 5.60. The number of anilines is 1. The molecule has 0 saturated carbocycles. The molecule has 7 heteroatoms. The lowest BCUT2D eigenvalue weighted by molar-refractivity contribution is -0.121. The van der Waals surface area contributed by atoms with E-state index in [1.54, 1.807) is 12.1 Å². The molecule has 0 spiro atoms. The molecule has 3 rings (SSSR count). The molecule has 0 aliphatic carbocycles. The Labute approximate surface area is 143 Å². The van der Waals surface area contributed by atoms with E-state index < -0.39 is 11.8 Å². The van der Waals surface area contributed by atoms with Gasteiger partial charge in [0.05, 0.1) is 5.92 Å². The maximum Gasteiger partial charge on any atom is 0.263 e. The van der Waals surface area contributed by atoms with Crippen molar-refractivity contribution in [3.8, 4) is 11.5 Å². The van der Waals surface area contributed by atoms with E-state index in [0.717, 1.165) is 11.1 Å². The van der Waals surface area contributed by atoms with E-state index in [1.165, 1.54) is 12.1 Å². The predicted molar refractivity (Wildman–Crippen MR) is 91.0 cm³/mol. The topological polar surface area (TPSA) is 94.0 Å². The Morgan fingerprint density at radius 2 is 1.88 bits per heavy atom. The van der Waals surface area contributed by atoms with E-state index >= 15 is 0 Å². The molecule has 0 aliphatic rings. The maximum absolute atomic E-state index is 13.0. The SMILES string of the molecule is NC(=O)C(CNc1noc(-c2ccccc2)n1)Cc1ccc(F)cc1. The van der Waals surface area contributed by atoms with Crippen molar-refractivity contribution in [2.24, 2.45) is 11.7 Å². The summed E-state index contributed by atoms with van der Waals surface area (Å²) in [4.78, 5) is 15.9. The fraction of sp³-hybridized carbons (Fsp3) is 0.167. The monoisotopic (exact) mass is 340 g/mol. The molecule has 2 aromatic carbocycles. The summed E-state index contributed by atoms with van der Waals surface area (Å²) in [5.74, 6) is -0.591. The molecule has 1 aromatic heterocycles. The molecule has 0 fully saturated rings. The fourth-order valence-electron chi connectivity index (χ4n) is 2.39. The van der Waals surface area contributed by atoms with Crippen molar-refractivity contribution < 1.29 is 13.7 Å². The number of nitrogens with one attached hydrogen (secondary N) is 1. The number of benzene rings is 2. The van der Waals surface area contributed by atoms with Gasteiger partial charge in [0.2, 0.25) is 5.91 Å². The predicted octanol–water partition coefficient (Wildman–Crippen LogP) is 2.63. The van der Waals surface area contributed by atoms with Crippen molar-refractivity contribution in [1.29, 1.82) is 0 Å². The summed E-state index contributed by atoms with van der Waals surface area (Å²) >= 11 is 0. The molecule has 6 nitrogen and oxygen atoms in total. The summed E-state index contributed by atoms with van der Waals surface area (Å²) in [5.41, 5.74) is 7.09. The van der Waals surface area contributed by atoms with Crippen molar-refractivity contribution in [3.63, 3.8) is 0 Å². The van der Waals surface area contributed by atoms with Gasteiger partial charge in [0.1, 0.15) is 5.82 Å². The van der Waals surface area contributed by atoms with Crippen LogP contribution in [0.3, 0.4) is 0 Å². The van der Waals surface area contributed by atoms with Gasteiger partial charge >= 0.3 is 0 Å². The van der Waals surface area contributed by atoms with Crippen LogP contribution in [0.4, 0.5) is 10.3 Å². The van der Waals surface area contributed by atoms with Crippen LogP contribution in [-0.4, -0.2) is 22.6 Å². The zero-order chi connectivity index (χ0) is 17.6. The molecule has 3 N–H and O–H groups in total. The number of hydrogen-bond acceptors (Lipinski definition) is 5. The lowest BCUT2D eigenvalue weighted by Gasteiger charge is -2.13. The summed E-state index contributed by atoms with van der Waals surface area (Å²) in [6.07, 6.45) is 0.395. The molecular weight excluding hydrogens is 323 g/mol. The third kappa shape index (κ3) is 4.41. The Morgan fingerprint density at radius 1 is 1.16 bits per heavy atom. The van der Waals surface area contributed by atoms with Gasteiger partial charge in [-0.05, 0) is 41.4 Å². The molecule has 1 atom stereocenters. The number of carbonyl (C=O) groups is 1. The van der Waals surface area contributed by atoms with Gasteiger partial charge in [-0.15, -0.1) is 0 Å². The number of halogens is 1. The average molecular weight is 340 g/mol. The Morgan fingerprint density at radius 3 is 2.56 bits per heavy atom. The summed E-state index contributed by atoms with van der Waals surface area (Å²) < 4.78 is 18.2. The molecule has 25 heavy (non-hydrogen) atoms. The van der Waals surface area contributed by atoms with Crippen LogP contribution in [0.1, 0.15) is 5.56 Å². The smallest absolute Gasteiger partial charge is 0.263 e. The van der Waals surface area contributed by atoms with Gasteiger partial charge in [-0.3, -0.25) is 4.79 Å². The number of amides is 1. The van der Waals surface area contributed by atoms with Crippen LogP contribution in [0.2, 0.25) is 0 Å². The van der Waals surface area contributed by atoms with Crippen molar-refractivity contribution in [1.82, 2.24) is 10.1 Å². The average Bonchev–Trinajstić information content (AvgIpc) is 3.10. The number of hydrogen-bond donors (Lipinski definition) is 2. The highest BCUT2D eigenvalue weighted by atomic mass is 19.1.